The van der Waals surface area contributed by atoms with E-state index in [1.165, 1.54) is 43.9 Å². The number of rotatable bonds is 9. The first-order valence-electron chi connectivity index (χ1n) is 13.0. The molecule has 0 spiro atoms. The van der Waals surface area contributed by atoms with Gasteiger partial charge in [0.15, 0.2) is 11.6 Å². The Hall–Kier alpha value is -2.75. The Kier molecular flexibility index (Phi) is 8.54. The zero-order chi connectivity index (χ0) is 24.8. The van der Waals surface area contributed by atoms with E-state index in [1.807, 2.05) is 6.08 Å². The monoisotopic (exact) mass is 478 g/mol. The van der Waals surface area contributed by atoms with Gasteiger partial charge in [-0.25, -0.2) is 13.6 Å². The fourth-order valence-electron chi connectivity index (χ4n) is 6.08. The minimum Gasteiger partial charge on any atom is -0.420 e. The average Bonchev–Trinajstić information content (AvgIpc) is 2.87. The lowest BCUT2D eigenvalue weighted by Crippen LogP contribution is -2.30. The van der Waals surface area contributed by atoms with E-state index in [4.69, 9.17) is 4.74 Å². The molecule has 0 bridgehead atoms. The molecular formula is C31H36F2O2. The van der Waals surface area contributed by atoms with Crippen molar-refractivity contribution in [2.45, 2.75) is 70.1 Å². The Morgan fingerprint density at radius 3 is 2.43 bits per heavy atom. The van der Waals surface area contributed by atoms with Crippen LogP contribution >= 0.6 is 0 Å². The summed E-state index contributed by atoms with van der Waals surface area (Å²) in [5, 5.41) is 0. The maximum Gasteiger partial charge on any atom is 0.343 e. The summed E-state index contributed by atoms with van der Waals surface area (Å²) in [7, 11) is 0. The van der Waals surface area contributed by atoms with Crippen LogP contribution in [0.1, 0.15) is 85.2 Å². The van der Waals surface area contributed by atoms with Crippen molar-refractivity contribution in [1.29, 1.82) is 0 Å². The quantitative estimate of drug-likeness (QED) is 0.205. The molecule has 0 N–H and O–H groups in total. The van der Waals surface area contributed by atoms with E-state index in [1.54, 1.807) is 24.3 Å². The number of hydrogen-bond donors (Lipinski definition) is 0. The zero-order valence-corrected chi connectivity index (χ0v) is 20.5. The van der Waals surface area contributed by atoms with E-state index in [-0.39, 0.29) is 23.0 Å². The molecule has 0 saturated heterocycles. The molecule has 2 fully saturated rings. The van der Waals surface area contributed by atoms with Gasteiger partial charge in [-0.3, -0.25) is 0 Å². The normalized spacial score (nSPS) is 23.8. The number of carbonyl (C=O) groups is 1. The van der Waals surface area contributed by atoms with Gasteiger partial charge in [-0.2, -0.15) is 0 Å². The number of carbonyl (C=O) groups excluding carboxylic acids is 1. The second-order valence-corrected chi connectivity index (χ2v) is 10.3. The van der Waals surface area contributed by atoms with Gasteiger partial charge in [-0.05, 0) is 117 Å². The lowest BCUT2D eigenvalue weighted by Gasteiger charge is -2.42. The first-order chi connectivity index (χ1) is 17.0. The summed E-state index contributed by atoms with van der Waals surface area (Å²) < 4.78 is 34.7. The molecule has 4 rings (SSSR count). The van der Waals surface area contributed by atoms with E-state index < -0.39 is 11.8 Å². The highest BCUT2D eigenvalue weighted by Crippen LogP contribution is 2.48. The molecule has 2 aromatic rings. The minimum atomic E-state index is -0.755. The number of ether oxygens (including phenoxy) is 1. The first kappa shape index (κ1) is 25.3. The van der Waals surface area contributed by atoms with Crippen LogP contribution in [0, 0.1) is 29.4 Å². The van der Waals surface area contributed by atoms with Crippen LogP contribution in [0.15, 0.2) is 61.7 Å². The Labute approximate surface area is 208 Å². The third-order valence-corrected chi connectivity index (χ3v) is 8.01. The molecule has 0 heterocycles. The highest BCUT2D eigenvalue weighted by Gasteiger charge is 2.36. The highest BCUT2D eigenvalue weighted by atomic mass is 19.1. The van der Waals surface area contributed by atoms with E-state index in [2.05, 4.69) is 13.2 Å². The van der Waals surface area contributed by atoms with Crippen LogP contribution in [-0.2, 0) is 6.42 Å². The maximum atomic E-state index is 15.1. The van der Waals surface area contributed by atoms with Crippen molar-refractivity contribution in [1.82, 2.24) is 0 Å². The molecule has 2 aliphatic carbocycles. The predicted molar refractivity (Wildman–Crippen MR) is 137 cm³/mol. The summed E-state index contributed by atoms with van der Waals surface area (Å²) in [6.45, 7) is 7.51. The molecule has 0 aromatic heterocycles. The van der Waals surface area contributed by atoms with E-state index >= 15 is 4.39 Å². The summed E-state index contributed by atoms with van der Waals surface area (Å²) in [6.07, 6.45) is 14.5. The lowest BCUT2D eigenvalue weighted by molar-refractivity contribution is 0.0727. The van der Waals surface area contributed by atoms with Crippen molar-refractivity contribution in [2.75, 3.05) is 0 Å². The Morgan fingerprint density at radius 2 is 1.69 bits per heavy atom. The Morgan fingerprint density at radius 1 is 0.914 bits per heavy atom. The molecule has 4 heteroatoms. The van der Waals surface area contributed by atoms with Crippen molar-refractivity contribution < 1.29 is 18.3 Å². The van der Waals surface area contributed by atoms with Crippen LogP contribution in [0.3, 0.4) is 0 Å². The van der Waals surface area contributed by atoms with Gasteiger partial charge >= 0.3 is 5.97 Å². The minimum absolute atomic E-state index is 0.0952. The standard InChI is InChI=1S/C31H36F2O2/c1-3-5-7-21-9-11-24-19-25(13-12-23(24)17-21)27-15-14-26(20-28(27)32)31(34)35-30-16-10-22(8-6-4-2)18-29(30)33/h3-4,10,14-16,18,20-21,23-25H,1-2,5-9,11-13,17,19H2. The molecule has 2 aliphatic rings. The van der Waals surface area contributed by atoms with Gasteiger partial charge in [0.25, 0.3) is 0 Å². The molecule has 2 saturated carbocycles. The molecule has 35 heavy (non-hydrogen) atoms. The third kappa shape index (κ3) is 6.28. The summed E-state index contributed by atoms with van der Waals surface area (Å²) in [4.78, 5) is 12.6. The van der Waals surface area contributed by atoms with Gasteiger partial charge in [0.1, 0.15) is 5.82 Å². The van der Waals surface area contributed by atoms with E-state index in [9.17, 15) is 9.18 Å². The zero-order valence-electron chi connectivity index (χ0n) is 20.5. The smallest absolute Gasteiger partial charge is 0.343 e. The van der Waals surface area contributed by atoms with Crippen LogP contribution in [0.2, 0.25) is 0 Å². The second kappa shape index (κ2) is 11.8. The summed E-state index contributed by atoms with van der Waals surface area (Å²) >= 11 is 0. The average molecular weight is 479 g/mol. The van der Waals surface area contributed by atoms with Gasteiger partial charge in [0.05, 0.1) is 5.56 Å². The lowest BCUT2D eigenvalue weighted by atomic mass is 9.63. The number of halogens is 2. The van der Waals surface area contributed by atoms with Crippen molar-refractivity contribution >= 4 is 5.97 Å². The fourth-order valence-corrected chi connectivity index (χ4v) is 6.08. The van der Waals surface area contributed by atoms with Crippen molar-refractivity contribution in [2.24, 2.45) is 17.8 Å². The molecule has 0 amide bonds. The number of allylic oxidation sites excluding steroid dienone is 2. The van der Waals surface area contributed by atoms with Crippen molar-refractivity contribution in [3.8, 4) is 5.75 Å². The van der Waals surface area contributed by atoms with Gasteiger partial charge in [-0.15, -0.1) is 13.2 Å². The Bertz CT molecular complexity index is 1060. The molecule has 0 radical (unpaired) electrons. The fraction of sp³-hybridized carbons (Fsp3) is 0.452. The Balaban J connectivity index is 1.37. The number of fused-ring (bicyclic) bond motifs is 1. The molecule has 2 nitrogen and oxygen atoms in total. The topological polar surface area (TPSA) is 26.3 Å². The highest BCUT2D eigenvalue weighted by molar-refractivity contribution is 5.91. The molecule has 2 aromatic carbocycles. The van der Waals surface area contributed by atoms with Gasteiger partial charge in [0.2, 0.25) is 0 Å². The number of aryl methyl sites for hydroxylation is 1. The number of benzene rings is 2. The SMILES string of the molecule is C=CCCc1ccc(OC(=O)c2ccc(C3CCC4CC(CCC=C)CCC4C3)c(F)c2)c(F)c1. The van der Waals surface area contributed by atoms with Gasteiger partial charge in [0, 0.05) is 0 Å². The molecule has 4 atom stereocenters. The largest absolute Gasteiger partial charge is 0.420 e. The van der Waals surface area contributed by atoms with E-state index in [0.717, 1.165) is 49.5 Å². The van der Waals surface area contributed by atoms with Crippen LogP contribution in [0.4, 0.5) is 8.78 Å². The van der Waals surface area contributed by atoms with Crippen LogP contribution in [0.25, 0.3) is 0 Å². The van der Waals surface area contributed by atoms with Crippen LogP contribution < -0.4 is 4.74 Å². The van der Waals surface area contributed by atoms with Crippen LogP contribution in [-0.4, -0.2) is 5.97 Å². The molecule has 186 valence electrons. The summed E-state index contributed by atoms with van der Waals surface area (Å²) in [6, 6.07) is 9.10. The maximum absolute atomic E-state index is 15.1. The number of esters is 1. The molecule has 4 unspecified atom stereocenters. The van der Waals surface area contributed by atoms with Gasteiger partial charge < -0.3 is 4.74 Å². The predicted octanol–water partition coefficient (Wildman–Crippen LogP) is 8.57. The van der Waals surface area contributed by atoms with E-state index in [0.29, 0.717) is 17.9 Å². The molecular weight excluding hydrogens is 442 g/mol. The van der Waals surface area contributed by atoms with Crippen LogP contribution in [0.5, 0.6) is 5.75 Å². The number of hydrogen-bond acceptors (Lipinski definition) is 2. The third-order valence-electron chi connectivity index (χ3n) is 8.01. The second-order valence-electron chi connectivity index (χ2n) is 10.3. The van der Waals surface area contributed by atoms with Crippen molar-refractivity contribution in [3.63, 3.8) is 0 Å². The van der Waals surface area contributed by atoms with Gasteiger partial charge in [-0.1, -0.05) is 30.7 Å². The molecule has 0 aliphatic heterocycles. The summed E-state index contributed by atoms with van der Waals surface area (Å²) in [5.41, 5.74) is 1.59. The first-order valence-corrected chi connectivity index (χ1v) is 13.0. The van der Waals surface area contributed by atoms with Crippen molar-refractivity contribution in [3.05, 3.63) is 90.0 Å². The summed E-state index contributed by atoms with van der Waals surface area (Å²) in [5.74, 6) is 0.530.